The Morgan fingerprint density at radius 3 is 1.18 bits per heavy atom. The highest BCUT2D eigenvalue weighted by atomic mass is 35.5. The molecule has 0 fully saturated rings. The summed E-state index contributed by atoms with van der Waals surface area (Å²) in [4.78, 5) is 0. The molecule has 2 nitrogen and oxygen atoms in total. The third-order valence-corrected chi connectivity index (χ3v) is 5.69. The Kier molecular flexibility index (Phi) is 4.45. The van der Waals surface area contributed by atoms with Crippen LogP contribution in [0.25, 0.3) is 0 Å². The number of fused-ring (bicyclic) bond motifs is 2. The average molecular weight is 443 g/mol. The molecule has 0 N–H and O–H groups in total. The van der Waals surface area contributed by atoms with Crippen LogP contribution in [0.2, 0.25) is 35.2 Å². The van der Waals surface area contributed by atoms with Gasteiger partial charge in [-0.1, -0.05) is 81.2 Å². The van der Waals surface area contributed by atoms with Crippen LogP contribution in [0.5, 0.6) is 23.0 Å². The second-order valence-electron chi connectivity index (χ2n) is 4.03. The lowest BCUT2D eigenvalue weighted by Gasteiger charge is -2.25. The Hall–Kier alpha value is -0.000000000000000222. The molecule has 0 radical (unpaired) electrons. The highest BCUT2D eigenvalue weighted by Crippen LogP contribution is 2.60. The van der Waals surface area contributed by atoms with Crippen molar-refractivity contribution in [2.45, 2.75) is 0 Å². The highest BCUT2D eigenvalue weighted by molar-refractivity contribution is 6.53. The van der Waals surface area contributed by atoms with Gasteiger partial charge in [0, 0.05) is 0 Å². The second kappa shape index (κ2) is 5.82. The number of ether oxygens (including phenoxy) is 2. The zero-order valence-corrected chi connectivity index (χ0v) is 15.1. The largest absolute Gasteiger partial charge is 0.446 e. The van der Waals surface area contributed by atoms with E-state index in [1.807, 2.05) is 0 Å². The minimum Gasteiger partial charge on any atom is -0.446 e. The highest BCUT2D eigenvalue weighted by Gasteiger charge is 2.34. The molecule has 0 spiro atoms. The molecule has 3 rings (SSSR count). The normalized spacial score (nSPS) is 12.4. The third-order valence-electron chi connectivity index (χ3n) is 2.77. The Morgan fingerprint density at radius 2 is 0.773 bits per heavy atom. The molecule has 1 aliphatic heterocycles. The first-order valence-corrected chi connectivity index (χ1v) is 7.97. The molecule has 1 aliphatic rings. The van der Waals surface area contributed by atoms with E-state index in [9.17, 15) is 4.39 Å². The van der Waals surface area contributed by atoms with Crippen molar-refractivity contribution < 1.29 is 13.9 Å². The molecule has 116 valence electrons. The summed E-state index contributed by atoms with van der Waals surface area (Å²) in [5.74, 6) is -1.36. The molecule has 2 aromatic rings. The summed E-state index contributed by atoms with van der Waals surface area (Å²) in [5.41, 5.74) is 0. The summed E-state index contributed by atoms with van der Waals surface area (Å²) >= 11 is 41.5. The van der Waals surface area contributed by atoms with Gasteiger partial charge in [-0.15, -0.1) is 0 Å². The number of benzene rings is 2. The Labute approximate surface area is 158 Å². The molecule has 0 bridgehead atoms. The van der Waals surface area contributed by atoms with Gasteiger partial charge in [0.15, 0.2) is 28.8 Å². The number of halogens is 8. The van der Waals surface area contributed by atoms with E-state index >= 15 is 0 Å². The van der Waals surface area contributed by atoms with E-state index < -0.39 is 15.9 Å². The van der Waals surface area contributed by atoms with Gasteiger partial charge in [-0.05, 0) is 0 Å². The zero-order chi connectivity index (χ0) is 16.3. The van der Waals surface area contributed by atoms with Crippen molar-refractivity contribution in [1.29, 1.82) is 0 Å². The fourth-order valence-electron chi connectivity index (χ4n) is 1.75. The average Bonchev–Trinajstić information content (AvgIpc) is 2.52. The van der Waals surface area contributed by atoms with Crippen molar-refractivity contribution in [2.24, 2.45) is 0 Å². The zero-order valence-electron chi connectivity index (χ0n) is 9.84. The van der Waals surface area contributed by atoms with Crippen molar-refractivity contribution in [2.75, 3.05) is 0 Å². The van der Waals surface area contributed by atoms with Gasteiger partial charge in [-0.2, -0.15) is 0 Å². The minimum absolute atomic E-state index is 0.0328. The van der Waals surface area contributed by atoms with Gasteiger partial charge < -0.3 is 9.47 Å². The molecule has 22 heavy (non-hydrogen) atoms. The van der Waals surface area contributed by atoms with Crippen LogP contribution in [0.4, 0.5) is 4.39 Å². The van der Waals surface area contributed by atoms with E-state index in [-0.39, 0.29) is 48.1 Å². The van der Waals surface area contributed by atoms with E-state index in [0.29, 0.717) is 0 Å². The second-order valence-corrected chi connectivity index (χ2v) is 6.68. The molecular weight excluding hydrogens is 443 g/mol. The maximum Gasteiger partial charge on any atom is 0.193 e. The van der Waals surface area contributed by atoms with Crippen LogP contribution in [0.1, 0.15) is 0 Å². The summed E-state index contributed by atoms with van der Waals surface area (Å²) in [6.45, 7) is 0. The SMILES string of the molecule is Fc1c(Cl)c(Cl)c2c(c1Cl)Oc1c(Cl)c(Cl)c(Cl)c(Cl)c1O2. The quantitative estimate of drug-likeness (QED) is 0.257. The smallest absolute Gasteiger partial charge is 0.193 e. The molecule has 0 amide bonds. The van der Waals surface area contributed by atoms with Crippen molar-refractivity contribution >= 4 is 81.2 Å². The standard InChI is InChI=1S/C12Cl7FO2/c13-1-2(14)5(17)10-9(4(1)16)21-11-6(18)3(15)8(20)7(19)12(11)22-10. The Bertz CT molecular complexity index is 702. The lowest BCUT2D eigenvalue weighted by molar-refractivity contribution is 0.358. The van der Waals surface area contributed by atoms with Crippen LogP contribution in [0.3, 0.4) is 0 Å². The van der Waals surface area contributed by atoms with Crippen LogP contribution in [-0.2, 0) is 0 Å². The van der Waals surface area contributed by atoms with Crippen LogP contribution in [0.15, 0.2) is 0 Å². The first-order chi connectivity index (χ1) is 10.3. The monoisotopic (exact) mass is 440 g/mol. The first kappa shape index (κ1) is 16.8. The number of hydrogen-bond acceptors (Lipinski definition) is 2. The fourth-order valence-corrected chi connectivity index (χ4v) is 3.30. The van der Waals surface area contributed by atoms with E-state index in [1.165, 1.54) is 0 Å². The maximum atomic E-state index is 13.9. The molecule has 0 unspecified atom stereocenters. The molecule has 0 atom stereocenters. The summed E-state index contributed by atoms with van der Waals surface area (Å²) in [7, 11) is 0. The van der Waals surface area contributed by atoms with Crippen molar-refractivity contribution in [3.63, 3.8) is 0 Å². The van der Waals surface area contributed by atoms with Crippen molar-refractivity contribution in [3.8, 4) is 23.0 Å². The molecule has 0 saturated heterocycles. The summed E-state index contributed by atoms with van der Waals surface area (Å²) in [6, 6.07) is 0. The predicted molar refractivity (Wildman–Crippen MR) is 88.1 cm³/mol. The van der Waals surface area contributed by atoms with Crippen LogP contribution in [0, 0.1) is 5.82 Å². The van der Waals surface area contributed by atoms with Gasteiger partial charge in [0.25, 0.3) is 0 Å². The Morgan fingerprint density at radius 1 is 0.455 bits per heavy atom. The molecule has 2 aromatic carbocycles. The Balaban J connectivity index is 2.32. The van der Waals surface area contributed by atoms with Crippen LogP contribution < -0.4 is 9.47 Å². The van der Waals surface area contributed by atoms with Gasteiger partial charge in [-0.25, -0.2) is 4.39 Å². The summed E-state index contributed by atoms with van der Waals surface area (Å²) < 4.78 is 24.9. The summed E-state index contributed by atoms with van der Waals surface area (Å²) in [6.07, 6.45) is 0. The fraction of sp³-hybridized carbons (Fsp3) is 0. The van der Waals surface area contributed by atoms with Crippen LogP contribution in [-0.4, -0.2) is 0 Å². The summed E-state index contributed by atoms with van der Waals surface area (Å²) in [5, 5.41) is -1.27. The lowest BCUT2D eigenvalue weighted by Crippen LogP contribution is -2.04. The first-order valence-electron chi connectivity index (χ1n) is 5.33. The molecule has 10 heteroatoms. The molecular formula is C12Cl7FO2. The topological polar surface area (TPSA) is 18.5 Å². The van der Waals surface area contributed by atoms with E-state index in [1.54, 1.807) is 0 Å². The lowest BCUT2D eigenvalue weighted by atomic mass is 10.2. The van der Waals surface area contributed by atoms with Crippen molar-refractivity contribution in [3.05, 3.63) is 41.0 Å². The third kappa shape index (κ3) is 2.30. The molecule has 0 aromatic heterocycles. The van der Waals surface area contributed by atoms with E-state index in [0.717, 1.165) is 0 Å². The minimum atomic E-state index is -0.957. The van der Waals surface area contributed by atoms with Crippen LogP contribution >= 0.6 is 81.2 Å². The molecule has 1 heterocycles. The molecule has 0 aliphatic carbocycles. The van der Waals surface area contributed by atoms with Gasteiger partial charge in [-0.3, -0.25) is 0 Å². The maximum absolute atomic E-state index is 13.9. The molecule has 0 saturated carbocycles. The van der Waals surface area contributed by atoms with Gasteiger partial charge >= 0.3 is 0 Å². The number of rotatable bonds is 0. The van der Waals surface area contributed by atoms with E-state index in [4.69, 9.17) is 90.7 Å². The number of hydrogen-bond donors (Lipinski definition) is 0. The van der Waals surface area contributed by atoms with Gasteiger partial charge in [0.05, 0.1) is 10.0 Å². The van der Waals surface area contributed by atoms with Crippen molar-refractivity contribution in [1.82, 2.24) is 0 Å². The van der Waals surface area contributed by atoms with E-state index in [2.05, 4.69) is 0 Å². The van der Waals surface area contributed by atoms with Gasteiger partial charge in [0.1, 0.15) is 25.1 Å². The predicted octanol–water partition coefficient (Wildman–Crippen LogP) is 8.30. The van der Waals surface area contributed by atoms with Gasteiger partial charge in [0.2, 0.25) is 0 Å².